The van der Waals surface area contributed by atoms with Gasteiger partial charge in [-0.05, 0) is 35.9 Å². The van der Waals surface area contributed by atoms with Gasteiger partial charge in [0, 0.05) is 12.4 Å². The Hall–Kier alpha value is -3.30. The molecule has 0 aliphatic heterocycles. The molecule has 2 heterocycles. The summed E-state index contributed by atoms with van der Waals surface area (Å²) in [7, 11) is 1.57. The van der Waals surface area contributed by atoms with Crippen LogP contribution in [0.4, 0.5) is 0 Å². The second kappa shape index (κ2) is 7.72. The van der Waals surface area contributed by atoms with E-state index in [0.717, 1.165) is 0 Å². The maximum absolute atomic E-state index is 12.2. The zero-order valence-corrected chi connectivity index (χ0v) is 14.6. The number of hydrogen-bond donors (Lipinski definition) is 0. The number of nitriles is 1. The summed E-state index contributed by atoms with van der Waals surface area (Å²) >= 11 is 5.93. The van der Waals surface area contributed by atoms with E-state index in [-0.39, 0.29) is 12.2 Å². The number of benzene rings is 1. The van der Waals surface area contributed by atoms with Gasteiger partial charge in [0.25, 0.3) is 0 Å². The molecule has 0 aliphatic rings. The first-order chi connectivity index (χ1) is 12.6. The minimum absolute atomic E-state index is 0.0419. The van der Waals surface area contributed by atoms with Crippen molar-refractivity contribution in [1.82, 2.24) is 9.38 Å². The van der Waals surface area contributed by atoms with Gasteiger partial charge in [0.15, 0.2) is 0 Å². The van der Waals surface area contributed by atoms with Crippen molar-refractivity contribution < 1.29 is 14.3 Å². The summed E-state index contributed by atoms with van der Waals surface area (Å²) in [6.07, 6.45) is 4.89. The normalized spacial score (nSPS) is 11.2. The number of methoxy groups -OCH3 is 1. The van der Waals surface area contributed by atoms with E-state index in [1.54, 1.807) is 60.3 Å². The van der Waals surface area contributed by atoms with Gasteiger partial charge >= 0.3 is 5.97 Å². The van der Waals surface area contributed by atoms with E-state index in [1.807, 2.05) is 6.07 Å². The Kier molecular flexibility index (Phi) is 5.20. The predicted molar refractivity (Wildman–Crippen MR) is 96.6 cm³/mol. The molecule has 3 rings (SSSR count). The van der Waals surface area contributed by atoms with Crippen molar-refractivity contribution in [3.8, 4) is 11.8 Å². The van der Waals surface area contributed by atoms with Crippen LogP contribution in [-0.4, -0.2) is 22.5 Å². The van der Waals surface area contributed by atoms with Gasteiger partial charge in [-0.15, -0.1) is 0 Å². The number of pyridine rings is 1. The van der Waals surface area contributed by atoms with Gasteiger partial charge in [-0.25, -0.2) is 9.78 Å². The summed E-state index contributed by atoms with van der Waals surface area (Å²) in [5.41, 5.74) is 1.85. The van der Waals surface area contributed by atoms with Crippen molar-refractivity contribution in [2.45, 2.75) is 6.61 Å². The molecule has 0 radical (unpaired) electrons. The standard InChI is InChI=1S/C19H14ClN3O3/c1-25-17-5-2-13(3-6-17)8-14(9-21)19(24)26-12-16-11-23-10-15(20)4-7-18(23)22-16/h2-8,10-11H,12H2,1H3/b14-8+. The number of fused-ring (bicyclic) bond motifs is 1. The van der Waals surface area contributed by atoms with Gasteiger partial charge in [0.05, 0.1) is 17.8 Å². The van der Waals surface area contributed by atoms with Crippen molar-refractivity contribution >= 4 is 29.3 Å². The van der Waals surface area contributed by atoms with Gasteiger partial charge < -0.3 is 13.9 Å². The molecule has 6 nitrogen and oxygen atoms in total. The number of ether oxygens (including phenoxy) is 2. The summed E-state index contributed by atoms with van der Waals surface area (Å²) in [4.78, 5) is 16.5. The van der Waals surface area contributed by atoms with Crippen LogP contribution in [0.15, 0.2) is 54.4 Å². The summed E-state index contributed by atoms with van der Waals surface area (Å²) in [5.74, 6) is -0.0198. The second-order valence-electron chi connectivity index (χ2n) is 5.36. The Balaban J connectivity index is 1.70. The molecule has 2 aromatic heterocycles. The molecule has 0 bridgehead atoms. The Bertz CT molecular complexity index is 1020. The zero-order chi connectivity index (χ0) is 18.5. The van der Waals surface area contributed by atoms with E-state index in [4.69, 9.17) is 21.1 Å². The lowest BCUT2D eigenvalue weighted by atomic mass is 10.1. The molecule has 0 N–H and O–H groups in total. The average Bonchev–Trinajstić information content (AvgIpc) is 3.06. The van der Waals surface area contributed by atoms with Gasteiger partial charge in [0.2, 0.25) is 0 Å². The van der Waals surface area contributed by atoms with Crippen LogP contribution in [-0.2, 0) is 16.1 Å². The molecule has 130 valence electrons. The monoisotopic (exact) mass is 367 g/mol. The van der Waals surface area contributed by atoms with Gasteiger partial charge in [-0.1, -0.05) is 23.7 Å². The minimum Gasteiger partial charge on any atom is -0.497 e. The molecule has 0 unspecified atom stereocenters. The summed E-state index contributed by atoms with van der Waals surface area (Å²) in [6, 6.07) is 12.3. The van der Waals surface area contributed by atoms with Gasteiger partial charge in [-0.2, -0.15) is 5.26 Å². The van der Waals surface area contributed by atoms with Crippen LogP contribution < -0.4 is 4.74 Å². The highest BCUT2D eigenvalue weighted by molar-refractivity contribution is 6.30. The van der Waals surface area contributed by atoms with Crippen LogP contribution in [0.3, 0.4) is 0 Å². The highest BCUT2D eigenvalue weighted by Gasteiger charge is 2.12. The zero-order valence-electron chi connectivity index (χ0n) is 13.8. The first-order valence-electron chi connectivity index (χ1n) is 7.65. The molecule has 1 aromatic carbocycles. The molecule has 0 saturated heterocycles. The average molecular weight is 368 g/mol. The number of nitrogens with zero attached hydrogens (tertiary/aromatic N) is 3. The van der Waals surface area contributed by atoms with Crippen LogP contribution in [0.25, 0.3) is 11.7 Å². The largest absolute Gasteiger partial charge is 0.497 e. The Morgan fingerprint density at radius 3 is 2.73 bits per heavy atom. The van der Waals surface area contributed by atoms with Crippen molar-refractivity contribution in [3.63, 3.8) is 0 Å². The Morgan fingerprint density at radius 2 is 2.04 bits per heavy atom. The summed E-state index contributed by atoms with van der Waals surface area (Å²) < 4.78 is 12.0. The third kappa shape index (κ3) is 4.02. The van der Waals surface area contributed by atoms with Crippen molar-refractivity contribution in [1.29, 1.82) is 5.26 Å². The lowest BCUT2D eigenvalue weighted by Gasteiger charge is -2.02. The fraction of sp³-hybridized carbons (Fsp3) is 0.105. The first kappa shape index (κ1) is 17.5. The molecule has 0 fully saturated rings. The number of carbonyl (C=O) groups is 1. The van der Waals surface area contributed by atoms with Crippen LogP contribution in [0.1, 0.15) is 11.3 Å². The highest BCUT2D eigenvalue weighted by atomic mass is 35.5. The molecule has 0 atom stereocenters. The van der Waals surface area contributed by atoms with E-state index in [0.29, 0.717) is 27.7 Å². The van der Waals surface area contributed by atoms with E-state index in [2.05, 4.69) is 4.98 Å². The van der Waals surface area contributed by atoms with Crippen LogP contribution in [0, 0.1) is 11.3 Å². The maximum atomic E-state index is 12.2. The third-order valence-corrected chi connectivity index (χ3v) is 3.81. The minimum atomic E-state index is -0.710. The number of rotatable bonds is 5. The molecular formula is C19H14ClN3O3. The first-order valence-corrected chi connectivity index (χ1v) is 8.03. The highest BCUT2D eigenvalue weighted by Crippen LogP contribution is 2.15. The number of hydrogen-bond acceptors (Lipinski definition) is 5. The second-order valence-corrected chi connectivity index (χ2v) is 5.80. The number of aromatic nitrogens is 2. The number of halogens is 1. The van der Waals surface area contributed by atoms with Gasteiger partial charge in [0.1, 0.15) is 29.6 Å². The van der Waals surface area contributed by atoms with Crippen LogP contribution in [0.2, 0.25) is 5.02 Å². The summed E-state index contributed by atoms with van der Waals surface area (Å²) in [5, 5.41) is 9.80. The van der Waals surface area contributed by atoms with E-state index < -0.39 is 5.97 Å². The maximum Gasteiger partial charge on any atom is 0.349 e. The molecule has 0 spiro atoms. The SMILES string of the molecule is COc1ccc(/C=C(\C#N)C(=O)OCc2cn3cc(Cl)ccc3n2)cc1. The molecule has 26 heavy (non-hydrogen) atoms. The topological polar surface area (TPSA) is 76.6 Å². The van der Waals surface area contributed by atoms with Crippen molar-refractivity contribution in [3.05, 3.63) is 70.6 Å². The Morgan fingerprint density at radius 1 is 1.27 bits per heavy atom. The summed E-state index contributed by atoms with van der Waals surface area (Å²) in [6.45, 7) is -0.0419. The van der Waals surface area contributed by atoms with E-state index in [1.165, 1.54) is 6.08 Å². The quantitative estimate of drug-likeness (QED) is 0.391. The fourth-order valence-corrected chi connectivity index (χ4v) is 2.48. The van der Waals surface area contributed by atoms with E-state index >= 15 is 0 Å². The number of imidazole rings is 1. The smallest absolute Gasteiger partial charge is 0.349 e. The van der Waals surface area contributed by atoms with E-state index in [9.17, 15) is 10.1 Å². The fourth-order valence-electron chi connectivity index (χ4n) is 2.31. The predicted octanol–water partition coefficient (Wildman–Crippen LogP) is 3.65. The third-order valence-electron chi connectivity index (χ3n) is 3.58. The molecular weight excluding hydrogens is 354 g/mol. The lowest BCUT2D eigenvalue weighted by molar-refractivity contribution is -0.139. The molecule has 0 aliphatic carbocycles. The van der Waals surface area contributed by atoms with Crippen molar-refractivity contribution in [2.75, 3.05) is 7.11 Å². The molecule has 0 amide bonds. The van der Waals surface area contributed by atoms with Gasteiger partial charge in [-0.3, -0.25) is 0 Å². The number of carbonyl (C=O) groups excluding carboxylic acids is 1. The Labute approximate surface area is 154 Å². The molecule has 7 heteroatoms. The molecule has 0 saturated carbocycles. The number of esters is 1. The van der Waals surface area contributed by atoms with Crippen molar-refractivity contribution in [2.24, 2.45) is 0 Å². The van der Waals surface area contributed by atoms with Crippen LogP contribution in [0.5, 0.6) is 5.75 Å². The molecule has 3 aromatic rings. The lowest BCUT2D eigenvalue weighted by Crippen LogP contribution is -2.07. The van der Waals surface area contributed by atoms with Crippen LogP contribution >= 0.6 is 11.6 Å².